The first-order valence-electron chi connectivity index (χ1n) is 4.54. The number of aryl methyl sites for hydroxylation is 1. The number of hydrogen-bond donors (Lipinski definition) is 0. The average Bonchev–Trinajstić information content (AvgIpc) is 2.18. The Bertz CT molecular complexity index is 451. The van der Waals surface area contributed by atoms with Crippen LogP contribution in [0, 0.1) is 0 Å². The van der Waals surface area contributed by atoms with Crippen LogP contribution in [-0.4, -0.2) is 5.33 Å². The summed E-state index contributed by atoms with van der Waals surface area (Å²) in [5.41, 5.74) is 1.31. The normalized spacial score (nSPS) is 10.7. The number of alkyl halides is 1. The molecule has 0 radical (unpaired) electrons. The van der Waals surface area contributed by atoms with Crippen molar-refractivity contribution in [3.05, 3.63) is 47.0 Å². The van der Waals surface area contributed by atoms with E-state index in [9.17, 15) is 0 Å². The van der Waals surface area contributed by atoms with Crippen LogP contribution in [0.5, 0.6) is 0 Å². The molecule has 0 nitrogen and oxygen atoms in total. The second kappa shape index (κ2) is 4.33. The summed E-state index contributed by atoms with van der Waals surface area (Å²) in [6, 6.07) is 12.4. The minimum absolute atomic E-state index is 0.819. The van der Waals surface area contributed by atoms with E-state index in [1.807, 2.05) is 18.2 Å². The van der Waals surface area contributed by atoms with Crippen molar-refractivity contribution in [3.63, 3.8) is 0 Å². The molecule has 2 rings (SSSR count). The standard InChI is InChI=1S/C12H10BrCl/c13-6-5-10-8-11(14)7-9-3-1-2-4-12(9)10/h1-4,7-8H,5-6H2. The van der Waals surface area contributed by atoms with E-state index in [-0.39, 0.29) is 0 Å². The monoisotopic (exact) mass is 268 g/mol. The highest BCUT2D eigenvalue weighted by Crippen LogP contribution is 2.24. The van der Waals surface area contributed by atoms with E-state index in [4.69, 9.17) is 11.6 Å². The third-order valence-corrected chi connectivity index (χ3v) is 2.89. The largest absolute Gasteiger partial charge is 0.0924 e. The molecule has 0 unspecified atom stereocenters. The van der Waals surface area contributed by atoms with Crippen molar-refractivity contribution in [1.29, 1.82) is 0 Å². The second-order valence-electron chi connectivity index (χ2n) is 3.23. The predicted octanol–water partition coefficient (Wildman–Crippen LogP) is 4.43. The molecule has 14 heavy (non-hydrogen) atoms. The SMILES string of the molecule is Clc1cc(CCBr)c2ccccc2c1. The topological polar surface area (TPSA) is 0 Å². The van der Waals surface area contributed by atoms with Gasteiger partial charge in [-0.3, -0.25) is 0 Å². The Morgan fingerprint density at radius 3 is 2.71 bits per heavy atom. The van der Waals surface area contributed by atoms with Crippen LogP contribution < -0.4 is 0 Å². The van der Waals surface area contributed by atoms with Crippen molar-refractivity contribution >= 4 is 38.3 Å². The van der Waals surface area contributed by atoms with Gasteiger partial charge in [-0.1, -0.05) is 51.8 Å². The van der Waals surface area contributed by atoms with E-state index >= 15 is 0 Å². The Balaban J connectivity index is 2.67. The van der Waals surface area contributed by atoms with Crippen molar-refractivity contribution in [2.24, 2.45) is 0 Å². The van der Waals surface area contributed by atoms with Crippen molar-refractivity contribution < 1.29 is 0 Å². The molecular formula is C12H10BrCl. The van der Waals surface area contributed by atoms with Gasteiger partial charge in [-0.05, 0) is 34.9 Å². The van der Waals surface area contributed by atoms with Gasteiger partial charge < -0.3 is 0 Å². The average molecular weight is 270 g/mol. The van der Waals surface area contributed by atoms with Crippen LogP contribution in [0.1, 0.15) is 5.56 Å². The van der Waals surface area contributed by atoms with Crippen LogP contribution in [0.3, 0.4) is 0 Å². The Morgan fingerprint density at radius 2 is 1.93 bits per heavy atom. The number of benzene rings is 2. The fourth-order valence-electron chi connectivity index (χ4n) is 1.66. The van der Waals surface area contributed by atoms with Crippen LogP contribution in [0.2, 0.25) is 5.02 Å². The first-order chi connectivity index (χ1) is 6.81. The molecule has 0 heterocycles. The third-order valence-electron chi connectivity index (χ3n) is 2.28. The number of rotatable bonds is 2. The van der Waals surface area contributed by atoms with E-state index in [0.717, 1.165) is 16.8 Å². The van der Waals surface area contributed by atoms with Gasteiger partial charge in [0.1, 0.15) is 0 Å². The molecule has 0 aliphatic carbocycles. The molecule has 0 aliphatic rings. The van der Waals surface area contributed by atoms with Crippen LogP contribution >= 0.6 is 27.5 Å². The highest BCUT2D eigenvalue weighted by Gasteiger charge is 2.01. The zero-order chi connectivity index (χ0) is 9.97. The van der Waals surface area contributed by atoms with Gasteiger partial charge in [-0.15, -0.1) is 0 Å². The summed E-state index contributed by atoms with van der Waals surface area (Å²) in [5, 5.41) is 4.31. The number of hydrogen-bond acceptors (Lipinski definition) is 0. The summed E-state index contributed by atoms with van der Waals surface area (Å²) in [7, 11) is 0. The maximum Gasteiger partial charge on any atom is 0.0415 e. The number of halogens is 2. The summed E-state index contributed by atoms with van der Waals surface area (Å²) in [6.07, 6.45) is 1.01. The maximum atomic E-state index is 6.04. The summed E-state index contributed by atoms with van der Waals surface area (Å²) in [5.74, 6) is 0. The van der Waals surface area contributed by atoms with E-state index in [0.29, 0.717) is 0 Å². The molecule has 0 saturated carbocycles. The summed E-state index contributed by atoms with van der Waals surface area (Å²) < 4.78 is 0. The van der Waals surface area contributed by atoms with Crippen molar-refractivity contribution in [1.82, 2.24) is 0 Å². The molecule has 0 bridgehead atoms. The molecule has 0 aromatic heterocycles. The fourth-order valence-corrected chi connectivity index (χ4v) is 2.33. The molecule has 0 N–H and O–H groups in total. The lowest BCUT2D eigenvalue weighted by Gasteiger charge is -2.05. The van der Waals surface area contributed by atoms with Crippen LogP contribution in [-0.2, 0) is 6.42 Å². The Hall–Kier alpha value is -0.530. The molecule has 2 heteroatoms. The zero-order valence-electron chi connectivity index (χ0n) is 7.63. The molecular weight excluding hydrogens is 259 g/mol. The second-order valence-corrected chi connectivity index (χ2v) is 4.45. The summed E-state index contributed by atoms with van der Waals surface area (Å²) >= 11 is 9.50. The Kier molecular flexibility index (Phi) is 3.09. The van der Waals surface area contributed by atoms with E-state index in [1.54, 1.807) is 0 Å². The third kappa shape index (κ3) is 1.94. The highest BCUT2D eigenvalue weighted by molar-refractivity contribution is 9.09. The van der Waals surface area contributed by atoms with Crippen molar-refractivity contribution in [3.8, 4) is 0 Å². The molecule has 0 aliphatic heterocycles. The molecule has 2 aromatic carbocycles. The molecule has 0 spiro atoms. The van der Waals surface area contributed by atoms with Crippen LogP contribution in [0.25, 0.3) is 10.8 Å². The van der Waals surface area contributed by atoms with Gasteiger partial charge in [0.25, 0.3) is 0 Å². The Morgan fingerprint density at radius 1 is 1.14 bits per heavy atom. The van der Waals surface area contributed by atoms with E-state index in [1.165, 1.54) is 16.3 Å². The minimum atomic E-state index is 0.819. The molecule has 2 aromatic rings. The van der Waals surface area contributed by atoms with Gasteiger partial charge in [-0.2, -0.15) is 0 Å². The summed E-state index contributed by atoms with van der Waals surface area (Å²) in [4.78, 5) is 0. The van der Waals surface area contributed by atoms with Crippen LogP contribution in [0.15, 0.2) is 36.4 Å². The first kappa shape index (κ1) is 10.0. The molecule has 0 saturated heterocycles. The molecule has 0 amide bonds. The van der Waals surface area contributed by atoms with Gasteiger partial charge >= 0.3 is 0 Å². The number of fused-ring (bicyclic) bond motifs is 1. The summed E-state index contributed by atoms with van der Waals surface area (Å²) in [6.45, 7) is 0. The van der Waals surface area contributed by atoms with Gasteiger partial charge in [0.2, 0.25) is 0 Å². The van der Waals surface area contributed by atoms with Crippen molar-refractivity contribution in [2.75, 3.05) is 5.33 Å². The first-order valence-corrected chi connectivity index (χ1v) is 6.04. The maximum absolute atomic E-state index is 6.04. The van der Waals surface area contributed by atoms with Gasteiger partial charge in [0.15, 0.2) is 0 Å². The van der Waals surface area contributed by atoms with Gasteiger partial charge in [0, 0.05) is 10.4 Å². The predicted molar refractivity (Wildman–Crippen MR) is 66.5 cm³/mol. The van der Waals surface area contributed by atoms with Crippen LogP contribution in [0.4, 0.5) is 0 Å². The molecule has 72 valence electrons. The minimum Gasteiger partial charge on any atom is -0.0924 e. The quantitative estimate of drug-likeness (QED) is 0.708. The van der Waals surface area contributed by atoms with Crippen molar-refractivity contribution in [2.45, 2.75) is 6.42 Å². The van der Waals surface area contributed by atoms with E-state index < -0.39 is 0 Å². The fraction of sp³-hybridized carbons (Fsp3) is 0.167. The lowest BCUT2D eigenvalue weighted by molar-refractivity contribution is 1.19. The lowest BCUT2D eigenvalue weighted by Crippen LogP contribution is -1.88. The molecule has 0 atom stereocenters. The smallest absolute Gasteiger partial charge is 0.0415 e. The zero-order valence-corrected chi connectivity index (χ0v) is 9.98. The molecule has 0 fully saturated rings. The van der Waals surface area contributed by atoms with Gasteiger partial charge in [-0.25, -0.2) is 0 Å². The highest BCUT2D eigenvalue weighted by atomic mass is 79.9. The van der Waals surface area contributed by atoms with E-state index in [2.05, 4.69) is 34.1 Å². The van der Waals surface area contributed by atoms with Gasteiger partial charge in [0.05, 0.1) is 0 Å². The lowest BCUT2D eigenvalue weighted by atomic mass is 10.0. The Labute approximate surface area is 97.0 Å².